The average molecular weight is 390 g/mol. The maximum atomic E-state index is 10.0. The monoisotopic (exact) mass is 390 g/mol. The minimum Gasteiger partial charge on any atom is -0.492 e. The molecule has 1 fully saturated rings. The molecule has 1 unspecified atom stereocenters. The molecule has 0 bridgehead atoms. The molecule has 29 heavy (non-hydrogen) atoms. The highest BCUT2D eigenvalue weighted by Crippen LogP contribution is 2.31. The molecule has 0 saturated carbocycles. The summed E-state index contributed by atoms with van der Waals surface area (Å²) in [6, 6.07) is 7.29. The predicted molar refractivity (Wildman–Crippen MR) is 105 cm³/mol. The minimum atomic E-state index is -0.722. The van der Waals surface area contributed by atoms with Crippen LogP contribution < -0.4 is 9.64 Å². The van der Waals surface area contributed by atoms with Gasteiger partial charge in [0.05, 0.1) is 42.2 Å². The van der Waals surface area contributed by atoms with Crippen LogP contribution in [0.5, 0.6) is 5.75 Å². The summed E-state index contributed by atoms with van der Waals surface area (Å²) >= 11 is 0. The van der Waals surface area contributed by atoms with Gasteiger partial charge in [0.1, 0.15) is 17.6 Å². The fourth-order valence-electron chi connectivity index (χ4n) is 3.51. The Morgan fingerprint density at radius 1 is 1.41 bits per heavy atom. The van der Waals surface area contributed by atoms with E-state index >= 15 is 0 Å². The number of hydrogen-bond donors (Lipinski definition) is 1. The zero-order valence-electron chi connectivity index (χ0n) is 15.7. The van der Waals surface area contributed by atoms with Gasteiger partial charge in [-0.15, -0.1) is 0 Å². The number of hydrogen-bond acceptors (Lipinski definition) is 7. The number of aromatic nitrogens is 3. The molecule has 0 aliphatic carbocycles. The molecule has 1 aliphatic rings. The normalized spacial score (nSPS) is 18.4. The third kappa shape index (κ3) is 3.40. The second-order valence-corrected chi connectivity index (χ2v) is 6.64. The highest BCUT2D eigenvalue weighted by Gasteiger charge is 2.31. The Labute approximate surface area is 166 Å². The largest absolute Gasteiger partial charge is 0.492 e. The molecular weight excluding hydrogens is 372 g/mol. The van der Waals surface area contributed by atoms with Crippen LogP contribution in [0, 0.1) is 11.3 Å². The van der Waals surface area contributed by atoms with E-state index in [0.717, 1.165) is 11.1 Å². The van der Waals surface area contributed by atoms with E-state index < -0.39 is 12.1 Å². The van der Waals surface area contributed by atoms with Crippen LogP contribution in [0.25, 0.3) is 27.1 Å². The minimum absolute atomic E-state index is 0.349. The number of aliphatic hydroxyl groups is 1. The lowest BCUT2D eigenvalue weighted by atomic mass is 10.1. The van der Waals surface area contributed by atoms with E-state index in [2.05, 4.69) is 26.2 Å². The van der Waals surface area contributed by atoms with Gasteiger partial charge in [-0.25, -0.2) is 9.50 Å². The van der Waals surface area contributed by atoms with Crippen molar-refractivity contribution in [2.24, 2.45) is 5.11 Å². The topological polar surface area (TPSA) is 135 Å². The standard InChI is InChI=1S/C19H18N8O2/c1-2-29-14-5-15(19-13(6-20)8-23-27(19)9-14)12-3-4-18(22-7-12)26-10-16(24-25-21)17(28)11-26/h3-5,7-9,16-17,28H,2,10-11H2,1H3/t16?,17-/m1/s1. The van der Waals surface area contributed by atoms with E-state index in [0.29, 0.717) is 42.3 Å². The third-order valence-corrected chi connectivity index (χ3v) is 4.86. The Morgan fingerprint density at radius 3 is 2.97 bits per heavy atom. The Morgan fingerprint density at radius 2 is 2.28 bits per heavy atom. The number of anilines is 1. The number of nitriles is 1. The second-order valence-electron chi connectivity index (χ2n) is 6.64. The van der Waals surface area contributed by atoms with Crippen LogP contribution in [0.1, 0.15) is 12.5 Å². The highest BCUT2D eigenvalue weighted by atomic mass is 16.5. The number of aliphatic hydroxyl groups excluding tert-OH is 1. The quantitative estimate of drug-likeness (QED) is 0.404. The zero-order valence-corrected chi connectivity index (χ0v) is 15.7. The summed E-state index contributed by atoms with van der Waals surface area (Å²) in [5.74, 6) is 1.32. The summed E-state index contributed by atoms with van der Waals surface area (Å²) < 4.78 is 7.26. The van der Waals surface area contributed by atoms with E-state index in [4.69, 9.17) is 10.3 Å². The summed E-state index contributed by atoms with van der Waals surface area (Å²) in [7, 11) is 0. The van der Waals surface area contributed by atoms with Gasteiger partial charge in [-0.05, 0) is 30.7 Å². The Balaban J connectivity index is 1.71. The number of fused-ring (bicyclic) bond motifs is 1. The molecule has 0 aromatic carbocycles. The van der Waals surface area contributed by atoms with E-state index in [9.17, 15) is 10.4 Å². The molecule has 146 valence electrons. The lowest BCUT2D eigenvalue weighted by molar-refractivity contribution is 0.180. The second kappa shape index (κ2) is 7.67. The van der Waals surface area contributed by atoms with Gasteiger partial charge in [0.25, 0.3) is 0 Å². The van der Waals surface area contributed by atoms with E-state index in [1.165, 1.54) is 6.20 Å². The number of pyridine rings is 2. The molecule has 0 spiro atoms. The van der Waals surface area contributed by atoms with Crippen LogP contribution in [-0.2, 0) is 0 Å². The third-order valence-electron chi connectivity index (χ3n) is 4.86. The van der Waals surface area contributed by atoms with E-state index in [-0.39, 0.29) is 0 Å². The first-order valence-electron chi connectivity index (χ1n) is 9.12. The molecular formula is C19H18N8O2. The van der Waals surface area contributed by atoms with Gasteiger partial charge in [0, 0.05) is 35.3 Å². The molecule has 4 rings (SSSR count). The van der Waals surface area contributed by atoms with Crippen molar-refractivity contribution in [1.82, 2.24) is 14.6 Å². The van der Waals surface area contributed by atoms with Crippen molar-refractivity contribution < 1.29 is 9.84 Å². The molecule has 3 aromatic rings. The highest BCUT2D eigenvalue weighted by molar-refractivity contribution is 5.85. The first kappa shape index (κ1) is 18.6. The number of β-amino-alcohol motifs (C(OH)–C–C–N with tert-alkyl or cyclic N) is 1. The maximum absolute atomic E-state index is 10.0. The molecule has 2 atom stereocenters. The molecule has 10 nitrogen and oxygen atoms in total. The van der Waals surface area contributed by atoms with Gasteiger partial charge in [-0.2, -0.15) is 10.4 Å². The van der Waals surface area contributed by atoms with Crippen molar-refractivity contribution in [3.05, 3.63) is 52.8 Å². The van der Waals surface area contributed by atoms with Crippen molar-refractivity contribution in [3.63, 3.8) is 0 Å². The first-order chi connectivity index (χ1) is 14.1. The molecule has 1 N–H and O–H groups in total. The molecule has 4 heterocycles. The number of ether oxygens (including phenoxy) is 1. The fraction of sp³-hybridized carbons (Fsp3) is 0.316. The van der Waals surface area contributed by atoms with Crippen LogP contribution in [0.3, 0.4) is 0 Å². The lowest BCUT2D eigenvalue weighted by Gasteiger charge is -2.17. The van der Waals surface area contributed by atoms with Crippen LogP contribution in [0.15, 0.2) is 41.9 Å². The van der Waals surface area contributed by atoms with Crippen LogP contribution in [-0.4, -0.2) is 51.5 Å². The fourth-order valence-corrected chi connectivity index (χ4v) is 3.51. The van der Waals surface area contributed by atoms with Crippen molar-refractivity contribution in [3.8, 4) is 22.9 Å². The lowest BCUT2D eigenvalue weighted by Crippen LogP contribution is -2.21. The predicted octanol–water partition coefficient (Wildman–Crippen LogP) is 2.53. The number of nitrogens with zero attached hydrogens (tertiary/aromatic N) is 8. The maximum Gasteiger partial charge on any atom is 0.138 e. The number of rotatable bonds is 5. The summed E-state index contributed by atoms with van der Waals surface area (Å²) in [4.78, 5) is 9.17. The van der Waals surface area contributed by atoms with Gasteiger partial charge in [0.2, 0.25) is 0 Å². The Kier molecular flexibility index (Phi) is 4.91. The average Bonchev–Trinajstić information content (AvgIpc) is 3.31. The van der Waals surface area contributed by atoms with Crippen molar-refractivity contribution in [1.29, 1.82) is 5.26 Å². The molecule has 1 saturated heterocycles. The van der Waals surface area contributed by atoms with Gasteiger partial charge in [0.15, 0.2) is 0 Å². The smallest absolute Gasteiger partial charge is 0.138 e. The molecule has 10 heteroatoms. The van der Waals surface area contributed by atoms with Crippen molar-refractivity contribution in [2.45, 2.75) is 19.1 Å². The Hall–Kier alpha value is -3.80. The van der Waals surface area contributed by atoms with Crippen LogP contribution in [0.4, 0.5) is 5.82 Å². The Bertz CT molecular complexity index is 1130. The van der Waals surface area contributed by atoms with Crippen LogP contribution >= 0.6 is 0 Å². The molecule has 1 aliphatic heterocycles. The summed E-state index contributed by atoms with van der Waals surface area (Å²) in [5, 5.41) is 27.3. The molecule has 0 amide bonds. The molecule has 3 aromatic heterocycles. The van der Waals surface area contributed by atoms with E-state index in [1.54, 1.807) is 16.9 Å². The van der Waals surface area contributed by atoms with Crippen molar-refractivity contribution in [2.75, 3.05) is 24.6 Å². The van der Waals surface area contributed by atoms with Crippen molar-refractivity contribution >= 4 is 11.3 Å². The summed E-state index contributed by atoms with van der Waals surface area (Å²) in [6.07, 6.45) is 4.26. The SMILES string of the molecule is CCOc1cc(-c2ccc(N3CC(N=[N+]=[N-])[C@H](O)C3)nc2)c2c(C#N)cnn2c1. The van der Waals surface area contributed by atoms with Gasteiger partial charge in [-0.1, -0.05) is 5.11 Å². The van der Waals surface area contributed by atoms with Gasteiger partial charge in [-0.3, -0.25) is 0 Å². The van der Waals surface area contributed by atoms with Gasteiger partial charge < -0.3 is 14.7 Å². The summed E-state index contributed by atoms with van der Waals surface area (Å²) in [6.45, 7) is 3.17. The molecule has 0 radical (unpaired) electrons. The number of azide groups is 1. The van der Waals surface area contributed by atoms with Gasteiger partial charge >= 0.3 is 0 Å². The van der Waals surface area contributed by atoms with Crippen LogP contribution in [0.2, 0.25) is 0 Å². The zero-order chi connectivity index (χ0) is 20.4. The van der Waals surface area contributed by atoms with E-state index in [1.807, 2.05) is 30.0 Å². The summed E-state index contributed by atoms with van der Waals surface area (Å²) in [5.41, 5.74) is 11.4. The first-order valence-corrected chi connectivity index (χ1v) is 9.12.